The van der Waals surface area contributed by atoms with Gasteiger partial charge in [0, 0.05) is 52.3 Å². The van der Waals surface area contributed by atoms with Gasteiger partial charge in [0.15, 0.2) is 5.69 Å². The molecule has 0 unspecified atom stereocenters. The molecule has 1 aliphatic heterocycles. The van der Waals surface area contributed by atoms with Crippen molar-refractivity contribution in [2.24, 2.45) is 0 Å². The highest BCUT2D eigenvalue weighted by molar-refractivity contribution is 7.98. The summed E-state index contributed by atoms with van der Waals surface area (Å²) in [4.78, 5) is 24.9. The number of hydrogen-bond acceptors (Lipinski definition) is 6. The molecule has 3 aromatic heterocycles. The lowest BCUT2D eigenvalue weighted by molar-refractivity contribution is -0.142. The average molecular weight is 532 g/mol. The molecule has 0 N–H and O–H groups in total. The van der Waals surface area contributed by atoms with Gasteiger partial charge in [-0.1, -0.05) is 18.2 Å². The molecule has 0 radical (unpaired) electrons. The van der Waals surface area contributed by atoms with Crippen LogP contribution >= 0.6 is 23.1 Å². The predicted octanol–water partition coefficient (Wildman–Crippen LogP) is 5.91. The first-order valence-corrected chi connectivity index (χ1v) is 13.4. The highest BCUT2D eigenvalue weighted by Gasteiger charge is 2.35. The molecule has 1 saturated heterocycles. The van der Waals surface area contributed by atoms with Crippen LogP contribution in [0.4, 0.5) is 13.2 Å². The average Bonchev–Trinajstić information content (AvgIpc) is 3.49. The third kappa shape index (κ3) is 5.41. The number of benzene rings is 1. The van der Waals surface area contributed by atoms with E-state index in [1.165, 1.54) is 6.92 Å². The molecule has 11 heteroatoms. The van der Waals surface area contributed by atoms with Gasteiger partial charge >= 0.3 is 6.18 Å². The Morgan fingerprint density at radius 1 is 1.19 bits per heavy atom. The quantitative estimate of drug-likeness (QED) is 0.289. The van der Waals surface area contributed by atoms with Gasteiger partial charge < -0.3 is 4.90 Å². The normalized spacial score (nSPS) is 15.1. The van der Waals surface area contributed by atoms with E-state index in [1.54, 1.807) is 34.2 Å². The number of rotatable bonds is 6. The van der Waals surface area contributed by atoms with Crippen LogP contribution in [0, 0.1) is 6.92 Å². The van der Waals surface area contributed by atoms with Crippen LogP contribution in [-0.2, 0) is 23.3 Å². The lowest BCUT2D eigenvalue weighted by atomic mass is 9.97. The molecule has 1 aliphatic rings. The summed E-state index contributed by atoms with van der Waals surface area (Å²) in [5.41, 5.74) is 1.37. The summed E-state index contributed by atoms with van der Waals surface area (Å²) >= 11 is 3.37. The number of para-hydroxylation sites is 1. The van der Waals surface area contributed by atoms with Crippen LogP contribution in [0.5, 0.6) is 0 Å². The Hall–Kier alpha value is -2.92. The predicted molar refractivity (Wildman–Crippen MR) is 134 cm³/mol. The fourth-order valence-electron chi connectivity index (χ4n) is 4.33. The van der Waals surface area contributed by atoms with Crippen molar-refractivity contribution >= 4 is 39.9 Å². The van der Waals surface area contributed by atoms with Crippen molar-refractivity contribution in [2.75, 3.05) is 13.1 Å². The highest BCUT2D eigenvalue weighted by Crippen LogP contribution is 2.34. The van der Waals surface area contributed by atoms with E-state index in [0.29, 0.717) is 18.8 Å². The zero-order valence-corrected chi connectivity index (χ0v) is 21.2. The topological polar surface area (TPSA) is 63.9 Å². The number of fused-ring (bicyclic) bond motifs is 1. The van der Waals surface area contributed by atoms with E-state index in [2.05, 4.69) is 33.7 Å². The number of thiazole rings is 1. The number of alkyl halides is 3. The first-order chi connectivity index (χ1) is 17.3. The van der Waals surface area contributed by atoms with Crippen molar-refractivity contribution in [2.45, 2.75) is 49.1 Å². The molecule has 1 aromatic carbocycles. The minimum atomic E-state index is -4.52. The summed E-state index contributed by atoms with van der Waals surface area (Å²) < 4.78 is 39.8. The Kier molecular flexibility index (Phi) is 7.03. The van der Waals surface area contributed by atoms with Crippen LogP contribution in [0.15, 0.2) is 52.9 Å². The largest absolute Gasteiger partial charge is 0.435 e. The number of thioether (sulfide) groups is 1. The monoisotopic (exact) mass is 531 g/mol. The van der Waals surface area contributed by atoms with Gasteiger partial charge in [-0.2, -0.15) is 18.3 Å². The van der Waals surface area contributed by atoms with Gasteiger partial charge in [0.2, 0.25) is 5.91 Å². The second kappa shape index (κ2) is 10.2. The van der Waals surface area contributed by atoms with Crippen molar-refractivity contribution in [3.8, 4) is 0 Å². The third-order valence-electron chi connectivity index (χ3n) is 6.29. The van der Waals surface area contributed by atoms with Crippen LogP contribution in [0.1, 0.15) is 40.8 Å². The number of aryl methyl sites for hydroxylation is 1. The van der Waals surface area contributed by atoms with Gasteiger partial charge in [-0.25, -0.2) is 4.98 Å². The summed E-state index contributed by atoms with van der Waals surface area (Å²) in [6.45, 7) is 2.45. The van der Waals surface area contributed by atoms with Gasteiger partial charge in [-0.05, 0) is 38.0 Å². The van der Waals surface area contributed by atoms with Crippen molar-refractivity contribution in [1.29, 1.82) is 0 Å². The number of carbonyl (C=O) groups is 1. The van der Waals surface area contributed by atoms with E-state index in [1.807, 2.05) is 12.1 Å². The minimum absolute atomic E-state index is 0.186. The van der Waals surface area contributed by atoms with Crippen molar-refractivity contribution in [1.82, 2.24) is 24.6 Å². The second-order valence-electron chi connectivity index (χ2n) is 8.78. The first-order valence-electron chi connectivity index (χ1n) is 11.6. The fraction of sp³-hybridized carbons (Fsp3) is 0.360. The number of nitrogens with zero attached hydrogens (tertiary/aromatic N) is 5. The molecule has 6 nitrogen and oxygen atoms in total. The van der Waals surface area contributed by atoms with E-state index >= 15 is 0 Å². The van der Waals surface area contributed by atoms with Crippen molar-refractivity contribution < 1.29 is 18.0 Å². The first kappa shape index (κ1) is 24.8. The van der Waals surface area contributed by atoms with Crippen LogP contribution in [0.25, 0.3) is 10.9 Å². The molecule has 0 atom stereocenters. The van der Waals surface area contributed by atoms with Gasteiger partial charge in [0.25, 0.3) is 0 Å². The maximum Gasteiger partial charge on any atom is 0.435 e. The lowest BCUT2D eigenvalue weighted by Crippen LogP contribution is -2.40. The number of halogens is 3. The number of hydrogen-bond donors (Lipinski definition) is 0. The van der Waals surface area contributed by atoms with Gasteiger partial charge in [0.05, 0.1) is 16.2 Å². The van der Waals surface area contributed by atoms with Crippen LogP contribution < -0.4 is 0 Å². The molecule has 0 bridgehead atoms. The second-order valence-corrected chi connectivity index (χ2v) is 10.7. The van der Waals surface area contributed by atoms with Gasteiger partial charge in [-0.15, -0.1) is 23.1 Å². The van der Waals surface area contributed by atoms with Crippen LogP contribution in [0.2, 0.25) is 0 Å². The standard InChI is InChI=1S/C25H24F3N5OS2/c1-16-12-21(25(26,27)28)31-33(16)13-22(34)32-10-7-18(8-11-32)24-30-19(15-36-24)14-35-20-6-2-4-17-5-3-9-29-23(17)20/h2-6,9,12,15,18H,7-8,10-11,13-14H2,1H3. The van der Waals surface area contributed by atoms with E-state index in [9.17, 15) is 18.0 Å². The molecular formula is C25H24F3N5OS2. The molecular weight excluding hydrogens is 507 g/mol. The molecule has 188 valence electrons. The number of amides is 1. The molecule has 4 aromatic rings. The molecule has 4 heterocycles. The number of aromatic nitrogens is 4. The number of pyridine rings is 1. The molecule has 0 saturated carbocycles. The zero-order valence-electron chi connectivity index (χ0n) is 19.5. The third-order valence-corrected chi connectivity index (χ3v) is 8.43. The fourth-order valence-corrected chi connectivity index (χ4v) is 6.36. The Morgan fingerprint density at radius 2 is 1.97 bits per heavy atom. The molecule has 0 aliphatic carbocycles. The number of likely N-dealkylation sites (tertiary alicyclic amines) is 1. The maximum atomic E-state index is 12.9. The van der Waals surface area contributed by atoms with Gasteiger partial charge in [-0.3, -0.25) is 14.5 Å². The summed E-state index contributed by atoms with van der Waals surface area (Å²) in [6.07, 6.45) is -1.15. The Bertz CT molecular complexity index is 1370. The number of carbonyl (C=O) groups excluding carboxylic acids is 1. The van der Waals surface area contributed by atoms with Gasteiger partial charge in [0.1, 0.15) is 6.54 Å². The molecule has 1 fully saturated rings. The van der Waals surface area contributed by atoms with Crippen molar-refractivity contribution in [3.63, 3.8) is 0 Å². The van der Waals surface area contributed by atoms with E-state index < -0.39 is 11.9 Å². The van der Waals surface area contributed by atoms with E-state index in [-0.39, 0.29) is 18.4 Å². The Labute approximate surface area is 214 Å². The summed E-state index contributed by atoms with van der Waals surface area (Å²) in [5, 5.41) is 7.85. The summed E-state index contributed by atoms with van der Waals surface area (Å²) in [6, 6.07) is 11.1. The van der Waals surface area contributed by atoms with E-state index in [4.69, 9.17) is 4.98 Å². The number of piperidine rings is 1. The molecule has 1 amide bonds. The SMILES string of the molecule is Cc1cc(C(F)(F)F)nn1CC(=O)N1CCC(c2nc(CSc3cccc4cccnc34)cs2)CC1. The Balaban J connectivity index is 1.15. The molecule has 0 spiro atoms. The van der Waals surface area contributed by atoms with Crippen LogP contribution in [-0.4, -0.2) is 43.6 Å². The van der Waals surface area contributed by atoms with Crippen molar-refractivity contribution in [3.05, 3.63) is 70.1 Å². The highest BCUT2D eigenvalue weighted by atomic mass is 32.2. The maximum absolute atomic E-state index is 12.9. The van der Waals surface area contributed by atoms with E-state index in [0.717, 1.165) is 55.8 Å². The van der Waals surface area contributed by atoms with Crippen LogP contribution in [0.3, 0.4) is 0 Å². The lowest BCUT2D eigenvalue weighted by Gasteiger charge is -2.31. The minimum Gasteiger partial charge on any atom is -0.341 e. The smallest absolute Gasteiger partial charge is 0.341 e. The molecule has 5 rings (SSSR count). The zero-order chi connectivity index (χ0) is 25.3. The molecule has 36 heavy (non-hydrogen) atoms. The summed E-state index contributed by atoms with van der Waals surface area (Å²) in [7, 11) is 0. The summed E-state index contributed by atoms with van der Waals surface area (Å²) in [5.74, 6) is 0.820. The Morgan fingerprint density at radius 3 is 2.72 bits per heavy atom.